The maximum Gasteiger partial charge on any atom is 0.261 e. The van der Waals surface area contributed by atoms with Crippen molar-refractivity contribution in [3.05, 3.63) is 52.7 Å². The first-order chi connectivity index (χ1) is 8.77. The van der Waals surface area contributed by atoms with Crippen LogP contribution in [-0.4, -0.2) is 11.6 Å². The predicted octanol–water partition coefficient (Wildman–Crippen LogP) is 3.25. The molecule has 3 nitrogen and oxygen atoms in total. The molecule has 0 saturated carbocycles. The zero-order chi connectivity index (χ0) is 12.5. The fraction of sp³-hybridized carbons (Fsp3) is 0.143. The second kappa shape index (κ2) is 4.38. The highest BCUT2D eigenvalue weighted by atomic mass is 32.1. The molecule has 90 valence electrons. The zero-order valence-corrected chi connectivity index (χ0v) is 10.7. The molecule has 2 aromatic rings. The van der Waals surface area contributed by atoms with E-state index in [0.717, 1.165) is 16.3 Å². The molecule has 1 aromatic heterocycles. The number of carbonyl (C=O) groups excluding carboxylic acids is 1. The Bertz CT molecular complexity index is 590. The Hall–Kier alpha value is -1.94. The summed E-state index contributed by atoms with van der Waals surface area (Å²) in [4.78, 5) is 13.5. The van der Waals surface area contributed by atoms with Gasteiger partial charge in [-0.1, -0.05) is 24.3 Å². The average Bonchev–Trinajstić information content (AvgIpc) is 2.99. The second-order valence-corrected chi connectivity index (χ2v) is 5.15. The summed E-state index contributed by atoms with van der Waals surface area (Å²) >= 11 is 1.60. The van der Waals surface area contributed by atoms with Crippen molar-refractivity contribution in [2.75, 3.05) is 5.01 Å². The van der Waals surface area contributed by atoms with Gasteiger partial charge in [0.1, 0.15) is 5.92 Å². The summed E-state index contributed by atoms with van der Waals surface area (Å²) in [6.07, 6.45) is 0. The van der Waals surface area contributed by atoms with Crippen molar-refractivity contribution in [1.29, 1.82) is 0 Å². The topological polar surface area (TPSA) is 32.7 Å². The van der Waals surface area contributed by atoms with E-state index in [0.29, 0.717) is 0 Å². The standard InChI is InChI=1S/C14H12N2OS/c1-10-13(12-8-5-9-18-12)14(17)16(15-10)11-6-3-2-4-7-11/h2-9,13H,1H3. The molecule has 0 N–H and O–H groups in total. The van der Waals surface area contributed by atoms with Gasteiger partial charge in [0.05, 0.1) is 11.4 Å². The third-order valence-electron chi connectivity index (χ3n) is 2.96. The lowest BCUT2D eigenvalue weighted by Gasteiger charge is -2.13. The average molecular weight is 256 g/mol. The zero-order valence-electron chi connectivity index (χ0n) is 9.91. The van der Waals surface area contributed by atoms with Crippen molar-refractivity contribution < 1.29 is 4.79 Å². The summed E-state index contributed by atoms with van der Waals surface area (Å²) in [5.74, 6) is -0.189. The Balaban J connectivity index is 1.96. The third kappa shape index (κ3) is 1.75. The smallest absolute Gasteiger partial charge is 0.261 e. The first kappa shape index (κ1) is 11.2. The lowest BCUT2D eigenvalue weighted by Crippen LogP contribution is -2.25. The number of hydrogen-bond donors (Lipinski definition) is 0. The Morgan fingerprint density at radius 1 is 1.17 bits per heavy atom. The van der Waals surface area contributed by atoms with Crippen LogP contribution in [0.3, 0.4) is 0 Å². The molecule has 1 aromatic carbocycles. The highest BCUT2D eigenvalue weighted by molar-refractivity contribution is 7.10. The van der Waals surface area contributed by atoms with E-state index < -0.39 is 0 Å². The number of benzene rings is 1. The largest absolute Gasteiger partial charge is 0.271 e. The fourth-order valence-corrected chi connectivity index (χ4v) is 2.98. The maximum absolute atomic E-state index is 12.4. The first-order valence-electron chi connectivity index (χ1n) is 5.75. The molecular formula is C14H12N2OS. The van der Waals surface area contributed by atoms with Crippen LogP contribution >= 0.6 is 11.3 Å². The Morgan fingerprint density at radius 2 is 1.94 bits per heavy atom. The van der Waals surface area contributed by atoms with Crippen molar-refractivity contribution in [3.8, 4) is 0 Å². The molecule has 0 bridgehead atoms. The van der Waals surface area contributed by atoms with E-state index in [9.17, 15) is 4.79 Å². The van der Waals surface area contributed by atoms with Gasteiger partial charge in [-0.15, -0.1) is 11.3 Å². The van der Waals surface area contributed by atoms with E-state index in [-0.39, 0.29) is 11.8 Å². The lowest BCUT2D eigenvalue weighted by atomic mass is 10.0. The molecule has 1 atom stereocenters. The molecule has 1 amide bonds. The number of nitrogens with zero attached hydrogens (tertiary/aromatic N) is 2. The van der Waals surface area contributed by atoms with Gasteiger partial charge in [-0.3, -0.25) is 4.79 Å². The Labute approximate surface area is 109 Å². The van der Waals surface area contributed by atoms with Crippen molar-refractivity contribution in [2.45, 2.75) is 12.8 Å². The molecule has 0 saturated heterocycles. The number of thiophene rings is 1. The molecule has 18 heavy (non-hydrogen) atoms. The van der Waals surface area contributed by atoms with Gasteiger partial charge in [0.15, 0.2) is 0 Å². The molecule has 1 unspecified atom stereocenters. The van der Waals surface area contributed by atoms with Gasteiger partial charge in [-0.05, 0) is 30.5 Å². The molecule has 3 rings (SSSR count). The minimum Gasteiger partial charge on any atom is -0.271 e. The SMILES string of the molecule is CC1=NN(c2ccccc2)C(=O)C1c1cccs1. The first-order valence-corrected chi connectivity index (χ1v) is 6.63. The number of para-hydroxylation sites is 1. The predicted molar refractivity (Wildman–Crippen MR) is 74.1 cm³/mol. The van der Waals surface area contributed by atoms with Crippen LogP contribution < -0.4 is 5.01 Å². The summed E-state index contributed by atoms with van der Waals surface area (Å²) in [5, 5.41) is 7.87. The van der Waals surface area contributed by atoms with Gasteiger partial charge in [0.25, 0.3) is 5.91 Å². The summed E-state index contributed by atoms with van der Waals surface area (Å²) in [6.45, 7) is 1.91. The van der Waals surface area contributed by atoms with Gasteiger partial charge >= 0.3 is 0 Å². The van der Waals surface area contributed by atoms with Gasteiger partial charge in [0, 0.05) is 4.88 Å². The van der Waals surface area contributed by atoms with Gasteiger partial charge in [-0.25, -0.2) is 0 Å². The summed E-state index contributed by atoms with van der Waals surface area (Å²) in [7, 11) is 0. The minimum absolute atomic E-state index is 0.0288. The van der Waals surface area contributed by atoms with Crippen LogP contribution in [0.2, 0.25) is 0 Å². The number of rotatable bonds is 2. The van der Waals surface area contributed by atoms with E-state index >= 15 is 0 Å². The number of hydrazone groups is 1. The van der Waals surface area contributed by atoms with Crippen LogP contribution in [0.1, 0.15) is 17.7 Å². The van der Waals surface area contributed by atoms with Crippen LogP contribution in [0.25, 0.3) is 0 Å². The van der Waals surface area contributed by atoms with E-state index in [1.807, 2.05) is 54.8 Å². The van der Waals surface area contributed by atoms with Crippen LogP contribution in [-0.2, 0) is 4.79 Å². The monoisotopic (exact) mass is 256 g/mol. The van der Waals surface area contributed by atoms with E-state index in [2.05, 4.69) is 5.10 Å². The maximum atomic E-state index is 12.4. The number of carbonyl (C=O) groups is 1. The number of anilines is 1. The summed E-state index contributed by atoms with van der Waals surface area (Å²) in [5.41, 5.74) is 1.67. The van der Waals surface area contributed by atoms with Crippen molar-refractivity contribution in [3.63, 3.8) is 0 Å². The highest BCUT2D eigenvalue weighted by Gasteiger charge is 2.35. The van der Waals surface area contributed by atoms with Crippen LogP contribution in [0.4, 0.5) is 5.69 Å². The van der Waals surface area contributed by atoms with E-state index in [1.165, 1.54) is 5.01 Å². The lowest BCUT2D eigenvalue weighted by molar-refractivity contribution is -0.118. The molecule has 0 spiro atoms. The molecule has 4 heteroatoms. The van der Waals surface area contributed by atoms with Gasteiger partial charge < -0.3 is 0 Å². The quantitative estimate of drug-likeness (QED) is 0.811. The molecule has 0 radical (unpaired) electrons. The van der Waals surface area contributed by atoms with Crippen molar-refractivity contribution >= 4 is 28.6 Å². The summed E-state index contributed by atoms with van der Waals surface area (Å²) in [6, 6.07) is 13.5. The fourth-order valence-electron chi connectivity index (χ4n) is 2.10. The summed E-state index contributed by atoms with van der Waals surface area (Å²) < 4.78 is 0. The second-order valence-electron chi connectivity index (χ2n) is 4.18. The minimum atomic E-state index is -0.217. The molecule has 1 aliphatic heterocycles. The molecular weight excluding hydrogens is 244 g/mol. The van der Waals surface area contributed by atoms with Gasteiger partial charge in [0.2, 0.25) is 0 Å². The van der Waals surface area contributed by atoms with E-state index in [4.69, 9.17) is 0 Å². The van der Waals surface area contributed by atoms with Crippen LogP contribution in [0, 0.1) is 0 Å². The molecule has 0 aliphatic carbocycles. The highest BCUT2D eigenvalue weighted by Crippen LogP contribution is 2.32. The van der Waals surface area contributed by atoms with Crippen molar-refractivity contribution in [1.82, 2.24) is 0 Å². The molecule has 0 fully saturated rings. The van der Waals surface area contributed by atoms with Crippen LogP contribution in [0.15, 0.2) is 52.9 Å². The third-order valence-corrected chi connectivity index (χ3v) is 3.90. The number of amides is 1. The Morgan fingerprint density at radius 3 is 2.61 bits per heavy atom. The normalized spacial score (nSPS) is 19.2. The molecule has 2 heterocycles. The van der Waals surface area contributed by atoms with Gasteiger partial charge in [-0.2, -0.15) is 10.1 Å². The van der Waals surface area contributed by atoms with E-state index in [1.54, 1.807) is 11.3 Å². The van der Waals surface area contributed by atoms with Crippen molar-refractivity contribution in [2.24, 2.45) is 5.10 Å². The molecule has 1 aliphatic rings. The Kier molecular flexibility index (Phi) is 2.72. The number of hydrogen-bond acceptors (Lipinski definition) is 3. The van der Waals surface area contributed by atoms with Crippen LogP contribution in [0.5, 0.6) is 0 Å².